The van der Waals surface area contributed by atoms with Gasteiger partial charge in [0.05, 0.1) is 12.3 Å². The number of piperidine rings is 1. The Morgan fingerprint density at radius 2 is 1.97 bits per heavy atom. The number of benzene rings is 1. The van der Waals surface area contributed by atoms with Gasteiger partial charge in [0.1, 0.15) is 11.6 Å². The quantitative estimate of drug-likeness (QED) is 0.458. The molecule has 0 amide bonds. The monoisotopic (exact) mass is 456 g/mol. The van der Waals surface area contributed by atoms with Crippen LogP contribution in [0.5, 0.6) is 0 Å². The van der Waals surface area contributed by atoms with E-state index in [9.17, 15) is 9.18 Å². The van der Waals surface area contributed by atoms with Crippen molar-refractivity contribution in [3.05, 3.63) is 69.2 Å². The van der Waals surface area contributed by atoms with Crippen LogP contribution in [0.2, 0.25) is 0 Å². The molecular weight excluding hydrogens is 423 g/mol. The van der Waals surface area contributed by atoms with Crippen molar-refractivity contribution in [2.45, 2.75) is 46.5 Å². The van der Waals surface area contributed by atoms with E-state index in [1.807, 2.05) is 26.0 Å². The maximum atomic E-state index is 13.1. The van der Waals surface area contributed by atoms with Crippen LogP contribution in [-0.4, -0.2) is 42.9 Å². The fourth-order valence-electron chi connectivity index (χ4n) is 4.12. The van der Waals surface area contributed by atoms with Gasteiger partial charge in [0.25, 0.3) is 0 Å². The lowest BCUT2D eigenvalue weighted by molar-refractivity contribution is 0.178. The Morgan fingerprint density at radius 1 is 1.21 bits per heavy atom. The Morgan fingerprint density at radius 3 is 2.64 bits per heavy atom. The van der Waals surface area contributed by atoms with Crippen LogP contribution in [0, 0.1) is 19.7 Å². The van der Waals surface area contributed by atoms with E-state index in [-0.39, 0.29) is 11.4 Å². The van der Waals surface area contributed by atoms with Crippen LogP contribution < -0.4 is 5.63 Å². The zero-order chi connectivity index (χ0) is 23.8. The van der Waals surface area contributed by atoms with Crippen LogP contribution >= 0.6 is 0 Å². The second-order valence-electron chi connectivity index (χ2n) is 8.20. The van der Waals surface area contributed by atoms with Gasteiger partial charge in [-0.3, -0.25) is 0 Å². The van der Waals surface area contributed by atoms with E-state index in [2.05, 4.69) is 17.0 Å². The minimum atomic E-state index is -0.299. The Balaban J connectivity index is 0.000000190. The zero-order valence-corrected chi connectivity index (χ0v) is 19.9. The predicted octanol–water partition coefficient (Wildman–Crippen LogP) is 5.47. The lowest BCUT2D eigenvalue weighted by Gasteiger charge is -2.29. The molecule has 1 aliphatic rings. The average molecular weight is 457 g/mol. The number of halogens is 1. The first kappa shape index (κ1) is 24.9. The van der Waals surface area contributed by atoms with E-state index in [0.29, 0.717) is 30.5 Å². The van der Waals surface area contributed by atoms with Gasteiger partial charge in [0.2, 0.25) is 0 Å². The number of hydrogen-bond acceptors (Lipinski definition) is 6. The molecule has 0 atom stereocenters. The molecule has 178 valence electrons. The molecule has 0 saturated carbocycles. The maximum Gasteiger partial charge on any atom is 0.336 e. The molecule has 0 bridgehead atoms. The molecule has 4 rings (SSSR count). The number of aryl methyl sites for hydroxylation is 2. The van der Waals surface area contributed by atoms with Crippen LogP contribution in [0.25, 0.3) is 17.0 Å². The van der Waals surface area contributed by atoms with E-state index in [4.69, 9.17) is 13.7 Å². The van der Waals surface area contributed by atoms with Crippen molar-refractivity contribution >= 4 is 17.0 Å². The van der Waals surface area contributed by atoms with Gasteiger partial charge in [-0.25, -0.2) is 9.18 Å². The third kappa shape index (κ3) is 6.62. The molecule has 0 spiro atoms. The van der Waals surface area contributed by atoms with Crippen molar-refractivity contribution in [1.29, 1.82) is 0 Å². The van der Waals surface area contributed by atoms with Gasteiger partial charge >= 0.3 is 5.63 Å². The summed E-state index contributed by atoms with van der Waals surface area (Å²) in [7, 11) is 0. The summed E-state index contributed by atoms with van der Waals surface area (Å²) in [6.07, 6.45) is 6.04. The first-order valence-corrected chi connectivity index (χ1v) is 11.6. The summed E-state index contributed by atoms with van der Waals surface area (Å²) in [6, 6.07) is 6.16. The van der Waals surface area contributed by atoms with Crippen molar-refractivity contribution in [3.8, 4) is 0 Å². The van der Waals surface area contributed by atoms with Gasteiger partial charge in [0, 0.05) is 35.6 Å². The number of fused-ring (bicyclic) bond motifs is 1. The van der Waals surface area contributed by atoms with E-state index in [1.165, 1.54) is 18.2 Å². The van der Waals surface area contributed by atoms with Gasteiger partial charge in [-0.05, 0) is 70.9 Å². The summed E-state index contributed by atoms with van der Waals surface area (Å²) in [6.45, 7) is 12.4. The molecule has 0 radical (unpaired) electrons. The highest BCUT2D eigenvalue weighted by atomic mass is 19.1. The van der Waals surface area contributed by atoms with Crippen LogP contribution in [-0.2, 0) is 4.74 Å². The van der Waals surface area contributed by atoms with Crippen molar-refractivity contribution in [1.82, 2.24) is 10.1 Å². The van der Waals surface area contributed by atoms with Crippen molar-refractivity contribution in [2.75, 3.05) is 32.8 Å². The Kier molecular flexibility index (Phi) is 8.97. The summed E-state index contributed by atoms with van der Waals surface area (Å²) >= 11 is 0. The van der Waals surface area contributed by atoms with Gasteiger partial charge in [-0.2, -0.15) is 0 Å². The lowest BCUT2D eigenvalue weighted by Crippen LogP contribution is -2.32. The minimum absolute atomic E-state index is 0.272. The first-order valence-electron chi connectivity index (χ1n) is 11.6. The Bertz CT molecular complexity index is 1100. The third-order valence-electron chi connectivity index (χ3n) is 5.98. The summed E-state index contributed by atoms with van der Waals surface area (Å²) in [5.41, 5.74) is 3.14. The Labute approximate surface area is 194 Å². The molecule has 3 aromatic rings. The number of hydrogen-bond donors (Lipinski definition) is 0. The van der Waals surface area contributed by atoms with Crippen molar-refractivity contribution in [2.24, 2.45) is 0 Å². The average Bonchev–Trinajstić information content (AvgIpc) is 3.21. The van der Waals surface area contributed by atoms with Gasteiger partial charge in [-0.1, -0.05) is 24.2 Å². The van der Waals surface area contributed by atoms with Gasteiger partial charge < -0.3 is 18.6 Å². The van der Waals surface area contributed by atoms with Gasteiger partial charge in [-0.15, -0.1) is 0 Å². The number of ether oxygens (including phenoxy) is 1. The van der Waals surface area contributed by atoms with Crippen LogP contribution in [0.15, 0.2) is 44.1 Å². The molecule has 1 saturated heterocycles. The van der Waals surface area contributed by atoms with Crippen LogP contribution in [0.4, 0.5) is 4.39 Å². The topological polar surface area (TPSA) is 68.7 Å². The number of nitrogens with zero attached hydrogens (tertiary/aromatic N) is 2. The second kappa shape index (κ2) is 11.9. The van der Waals surface area contributed by atoms with Crippen molar-refractivity contribution < 1.29 is 18.1 Å². The SMILES string of the molecule is CCN1CCC(c2noc3cc(F)ccc23)CC1.CCOC/C=C\c1c(C)cc(=O)oc1C. The lowest BCUT2D eigenvalue weighted by atomic mass is 9.91. The minimum Gasteiger partial charge on any atom is -0.428 e. The summed E-state index contributed by atoms with van der Waals surface area (Å²) in [5, 5.41) is 5.11. The molecule has 2 aromatic heterocycles. The number of rotatable bonds is 6. The molecule has 1 aromatic carbocycles. The molecule has 0 unspecified atom stereocenters. The summed E-state index contributed by atoms with van der Waals surface area (Å²) in [5.74, 6) is 0.818. The molecule has 1 aliphatic heterocycles. The van der Waals surface area contributed by atoms with E-state index in [0.717, 1.165) is 54.7 Å². The molecule has 1 fully saturated rings. The van der Waals surface area contributed by atoms with Crippen LogP contribution in [0.3, 0.4) is 0 Å². The molecule has 7 heteroatoms. The fourth-order valence-corrected chi connectivity index (χ4v) is 4.12. The largest absolute Gasteiger partial charge is 0.428 e. The van der Waals surface area contributed by atoms with Crippen molar-refractivity contribution in [3.63, 3.8) is 0 Å². The predicted molar refractivity (Wildman–Crippen MR) is 128 cm³/mol. The van der Waals surface area contributed by atoms with Crippen LogP contribution in [0.1, 0.15) is 55.2 Å². The first-order chi connectivity index (χ1) is 15.9. The second-order valence-corrected chi connectivity index (χ2v) is 8.20. The van der Waals surface area contributed by atoms with E-state index in [1.54, 1.807) is 13.0 Å². The maximum absolute atomic E-state index is 13.1. The number of aromatic nitrogens is 1. The fraction of sp³-hybridized carbons (Fsp3) is 0.462. The normalized spacial score (nSPS) is 15.2. The summed E-state index contributed by atoms with van der Waals surface area (Å²) in [4.78, 5) is 13.5. The molecule has 33 heavy (non-hydrogen) atoms. The number of likely N-dealkylation sites (tertiary alicyclic amines) is 1. The van der Waals surface area contributed by atoms with Gasteiger partial charge in [0.15, 0.2) is 5.58 Å². The molecule has 6 nitrogen and oxygen atoms in total. The third-order valence-corrected chi connectivity index (χ3v) is 5.98. The molecule has 0 aliphatic carbocycles. The molecule has 3 heterocycles. The standard InChI is InChI=1S/C14H17FN2O.C12H16O3/c1-2-17-7-5-10(6-8-17)14-12-4-3-11(15)9-13(12)18-16-14;1-4-14-7-5-6-11-9(2)8-12(13)15-10(11)3/h3-4,9-10H,2,5-8H2,1H3;5-6,8H,4,7H2,1-3H3/b;6-5-. The Hall–Kier alpha value is -2.77. The molecule has 0 N–H and O–H groups in total. The highest BCUT2D eigenvalue weighted by Gasteiger charge is 2.24. The zero-order valence-electron chi connectivity index (χ0n) is 19.9. The summed E-state index contributed by atoms with van der Waals surface area (Å²) < 4.78 is 28.5. The van der Waals surface area contributed by atoms with E-state index < -0.39 is 0 Å². The smallest absolute Gasteiger partial charge is 0.336 e. The highest BCUT2D eigenvalue weighted by Crippen LogP contribution is 2.32. The molecular formula is C26H33FN2O4. The highest BCUT2D eigenvalue weighted by molar-refractivity contribution is 5.79. The van der Waals surface area contributed by atoms with E-state index >= 15 is 0 Å².